The monoisotopic (exact) mass is 371 g/mol. The van der Waals surface area contributed by atoms with Crippen LogP contribution in [-0.4, -0.2) is 39.2 Å². The molecule has 0 unspecified atom stereocenters. The molecule has 0 spiro atoms. The topological polar surface area (TPSA) is 90.2 Å². The van der Waals surface area contributed by atoms with Gasteiger partial charge in [0.1, 0.15) is 18.1 Å². The van der Waals surface area contributed by atoms with Gasteiger partial charge in [-0.2, -0.15) is 4.31 Å². The highest BCUT2D eigenvalue weighted by Gasteiger charge is 2.30. The first-order valence-corrected chi connectivity index (χ1v) is 9.58. The average molecular weight is 371 g/mol. The van der Waals surface area contributed by atoms with Gasteiger partial charge in [0, 0.05) is 12.7 Å². The first-order valence-electron chi connectivity index (χ1n) is 8.14. The molecule has 0 atom stereocenters. The standard InChI is InChI=1S/C17H17N5O3S/c23-26(24,15-6-2-1-3-7-15)21-9-10-22-17(12-21)16(19-20-22)13-25-14-5-4-8-18-11-14/h1-8,11H,9-10,12-13H2. The molecular weight excluding hydrogens is 354 g/mol. The fraction of sp³-hybridized carbons (Fsp3) is 0.235. The molecule has 0 N–H and O–H groups in total. The summed E-state index contributed by atoms with van der Waals surface area (Å²) in [5, 5.41) is 8.26. The number of fused-ring (bicyclic) bond motifs is 1. The summed E-state index contributed by atoms with van der Waals surface area (Å²) in [6, 6.07) is 12.0. The van der Waals surface area contributed by atoms with Crippen LogP contribution < -0.4 is 4.74 Å². The second kappa shape index (κ2) is 6.85. The maximum atomic E-state index is 12.8. The molecule has 0 radical (unpaired) electrons. The largest absolute Gasteiger partial charge is 0.486 e. The molecule has 1 aromatic carbocycles. The van der Waals surface area contributed by atoms with E-state index in [1.165, 1.54) is 4.31 Å². The molecular formula is C17H17N5O3S. The minimum Gasteiger partial charge on any atom is -0.486 e. The maximum absolute atomic E-state index is 12.8. The Morgan fingerprint density at radius 1 is 1.08 bits per heavy atom. The zero-order valence-corrected chi connectivity index (χ0v) is 14.7. The molecule has 0 fully saturated rings. The molecule has 0 bridgehead atoms. The highest BCUT2D eigenvalue weighted by molar-refractivity contribution is 7.89. The zero-order valence-electron chi connectivity index (χ0n) is 13.9. The van der Waals surface area contributed by atoms with Crippen LogP contribution in [0.3, 0.4) is 0 Å². The molecule has 26 heavy (non-hydrogen) atoms. The van der Waals surface area contributed by atoms with Gasteiger partial charge in [0.25, 0.3) is 0 Å². The smallest absolute Gasteiger partial charge is 0.243 e. The maximum Gasteiger partial charge on any atom is 0.243 e. The third-order valence-electron chi connectivity index (χ3n) is 4.20. The van der Waals surface area contributed by atoms with Gasteiger partial charge in [0.15, 0.2) is 0 Å². The fourth-order valence-electron chi connectivity index (χ4n) is 2.82. The molecule has 3 heterocycles. The Labute approximate surface area is 151 Å². The summed E-state index contributed by atoms with van der Waals surface area (Å²) < 4.78 is 34.6. The summed E-state index contributed by atoms with van der Waals surface area (Å²) in [6.07, 6.45) is 3.28. The summed E-state index contributed by atoms with van der Waals surface area (Å²) in [5.41, 5.74) is 1.38. The summed E-state index contributed by atoms with van der Waals surface area (Å²) in [5.74, 6) is 0.624. The fourth-order valence-corrected chi connectivity index (χ4v) is 4.23. The molecule has 0 saturated heterocycles. The summed E-state index contributed by atoms with van der Waals surface area (Å²) in [6.45, 7) is 1.24. The second-order valence-electron chi connectivity index (χ2n) is 5.84. The number of rotatable bonds is 5. The van der Waals surface area contributed by atoms with Gasteiger partial charge in [0.2, 0.25) is 10.0 Å². The molecule has 3 aromatic rings. The molecule has 8 nitrogen and oxygen atoms in total. The average Bonchev–Trinajstić information content (AvgIpc) is 3.10. The number of hydrogen-bond acceptors (Lipinski definition) is 6. The minimum absolute atomic E-state index is 0.209. The Balaban J connectivity index is 1.54. The van der Waals surface area contributed by atoms with Crippen molar-refractivity contribution in [2.45, 2.75) is 24.6 Å². The van der Waals surface area contributed by atoms with Gasteiger partial charge >= 0.3 is 0 Å². The van der Waals surface area contributed by atoms with E-state index < -0.39 is 10.0 Å². The highest BCUT2D eigenvalue weighted by Crippen LogP contribution is 2.23. The predicted molar refractivity (Wildman–Crippen MR) is 92.6 cm³/mol. The first-order chi connectivity index (χ1) is 12.6. The number of hydrogen-bond donors (Lipinski definition) is 0. The number of sulfonamides is 1. The van der Waals surface area contributed by atoms with Gasteiger partial charge in [0.05, 0.1) is 29.9 Å². The van der Waals surface area contributed by atoms with E-state index in [-0.39, 0.29) is 18.0 Å². The number of benzene rings is 1. The van der Waals surface area contributed by atoms with Crippen molar-refractivity contribution in [1.82, 2.24) is 24.3 Å². The summed E-state index contributed by atoms with van der Waals surface area (Å²) in [7, 11) is -3.55. The van der Waals surface area contributed by atoms with Crippen molar-refractivity contribution in [2.75, 3.05) is 6.54 Å². The van der Waals surface area contributed by atoms with Gasteiger partial charge in [-0.25, -0.2) is 13.1 Å². The van der Waals surface area contributed by atoms with Gasteiger partial charge in [-0.05, 0) is 24.3 Å². The van der Waals surface area contributed by atoms with Crippen molar-refractivity contribution in [1.29, 1.82) is 0 Å². The predicted octanol–water partition coefficient (Wildman–Crippen LogP) is 1.46. The number of aromatic nitrogens is 4. The lowest BCUT2D eigenvalue weighted by Gasteiger charge is -2.27. The molecule has 9 heteroatoms. The molecule has 0 saturated carbocycles. The Hall–Kier alpha value is -2.78. The third kappa shape index (κ3) is 3.18. The van der Waals surface area contributed by atoms with Crippen LogP contribution >= 0.6 is 0 Å². The van der Waals surface area contributed by atoms with Crippen molar-refractivity contribution >= 4 is 10.0 Å². The lowest BCUT2D eigenvalue weighted by atomic mass is 10.3. The third-order valence-corrected chi connectivity index (χ3v) is 6.06. The second-order valence-corrected chi connectivity index (χ2v) is 7.77. The SMILES string of the molecule is O=S(=O)(c1ccccc1)N1CCn2nnc(COc3cccnc3)c2C1. The van der Waals surface area contributed by atoms with Crippen molar-refractivity contribution in [3.05, 3.63) is 66.2 Å². The van der Waals surface area contributed by atoms with E-state index in [4.69, 9.17) is 4.74 Å². The van der Waals surface area contributed by atoms with Crippen LogP contribution in [0.1, 0.15) is 11.4 Å². The molecule has 4 rings (SSSR count). The Kier molecular flexibility index (Phi) is 4.39. The van der Waals surface area contributed by atoms with E-state index in [2.05, 4.69) is 15.3 Å². The zero-order chi connectivity index (χ0) is 18.0. The van der Waals surface area contributed by atoms with Crippen LogP contribution in [0.15, 0.2) is 59.8 Å². The van der Waals surface area contributed by atoms with Crippen LogP contribution in [-0.2, 0) is 29.7 Å². The van der Waals surface area contributed by atoms with Crippen LogP contribution in [0.2, 0.25) is 0 Å². The molecule has 2 aromatic heterocycles. The van der Waals surface area contributed by atoms with E-state index in [1.54, 1.807) is 59.5 Å². The van der Waals surface area contributed by atoms with Gasteiger partial charge in [-0.15, -0.1) is 5.10 Å². The van der Waals surface area contributed by atoms with Crippen molar-refractivity contribution in [3.8, 4) is 5.75 Å². The minimum atomic E-state index is -3.55. The van der Waals surface area contributed by atoms with E-state index >= 15 is 0 Å². The lowest BCUT2D eigenvalue weighted by Crippen LogP contribution is -2.38. The van der Waals surface area contributed by atoms with Gasteiger partial charge in [-0.3, -0.25) is 4.98 Å². The van der Waals surface area contributed by atoms with Crippen LogP contribution in [0.25, 0.3) is 0 Å². The molecule has 1 aliphatic heterocycles. The normalized spacial score (nSPS) is 14.8. The molecule has 0 aliphatic carbocycles. The van der Waals surface area contributed by atoms with E-state index in [1.807, 2.05) is 0 Å². The lowest BCUT2D eigenvalue weighted by molar-refractivity contribution is 0.290. The quantitative estimate of drug-likeness (QED) is 0.674. The number of pyridine rings is 1. The highest BCUT2D eigenvalue weighted by atomic mass is 32.2. The molecule has 0 amide bonds. The number of nitrogens with zero attached hydrogens (tertiary/aromatic N) is 5. The summed E-state index contributed by atoms with van der Waals surface area (Å²) >= 11 is 0. The Morgan fingerprint density at radius 3 is 2.69 bits per heavy atom. The summed E-state index contributed by atoms with van der Waals surface area (Å²) in [4.78, 5) is 4.28. The Bertz CT molecular complexity index is 990. The number of ether oxygens (including phenoxy) is 1. The van der Waals surface area contributed by atoms with Crippen molar-refractivity contribution in [2.24, 2.45) is 0 Å². The van der Waals surface area contributed by atoms with Crippen LogP contribution in [0.4, 0.5) is 0 Å². The van der Waals surface area contributed by atoms with Crippen LogP contribution in [0.5, 0.6) is 5.75 Å². The van der Waals surface area contributed by atoms with Gasteiger partial charge in [-0.1, -0.05) is 23.4 Å². The van der Waals surface area contributed by atoms with Gasteiger partial charge < -0.3 is 4.74 Å². The van der Waals surface area contributed by atoms with Crippen LogP contribution in [0, 0.1) is 0 Å². The molecule has 1 aliphatic rings. The van der Waals surface area contributed by atoms with E-state index in [0.717, 1.165) is 5.69 Å². The van der Waals surface area contributed by atoms with E-state index in [9.17, 15) is 8.42 Å². The first kappa shape index (κ1) is 16.7. The van der Waals surface area contributed by atoms with Crippen molar-refractivity contribution in [3.63, 3.8) is 0 Å². The molecule has 134 valence electrons. The Morgan fingerprint density at radius 2 is 1.92 bits per heavy atom. The van der Waals surface area contributed by atoms with Crippen molar-refractivity contribution < 1.29 is 13.2 Å². The van der Waals surface area contributed by atoms with E-state index in [0.29, 0.717) is 24.5 Å².